The number of likely N-dealkylation sites (tertiary alicyclic amines) is 1. The molecule has 0 bridgehead atoms. The van der Waals surface area contributed by atoms with Crippen molar-refractivity contribution in [3.63, 3.8) is 0 Å². The van der Waals surface area contributed by atoms with E-state index in [1.807, 2.05) is 0 Å². The van der Waals surface area contributed by atoms with Gasteiger partial charge in [0, 0.05) is 19.5 Å². The number of amides is 1. The Bertz CT molecular complexity index is 350. The van der Waals surface area contributed by atoms with Crippen molar-refractivity contribution < 1.29 is 14.7 Å². The van der Waals surface area contributed by atoms with Gasteiger partial charge in [-0.15, -0.1) is 0 Å². The first-order chi connectivity index (χ1) is 9.58. The number of piperidine rings is 1. The van der Waals surface area contributed by atoms with Crippen molar-refractivity contribution in [1.82, 2.24) is 4.90 Å². The van der Waals surface area contributed by atoms with Crippen molar-refractivity contribution >= 4 is 11.9 Å². The average Bonchev–Trinajstić information content (AvgIpc) is 2.48. The molecule has 1 aliphatic carbocycles. The third-order valence-corrected chi connectivity index (χ3v) is 5.07. The van der Waals surface area contributed by atoms with Gasteiger partial charge in [-0.25, -0.2) is 0 Å². The van der Waals surface area contributed by atoms with Gasteiger partial charge < -0.3 is 10.0 Å². The highest BCUT2D eigenvalue weighted by molar-refractivity contribution is 5.78. The fraction of sp³-hybridized carbons (Fsp3) is 0.875. The molecule has 0 radical (unpaired) electrons. The first-order valence-electron chi connectivity index (χ1n) is 8.08. The van der Waals surface area contributed by atoms with Crippen molar-refractivity contribution in [2.45, 2.75) is 58.3 Å². The Labute approximate surface area is 121 Å². The van der Waals surface area contributed by atoms with Gasteiger partial charge in [-0.3, -0.25) is 9.59 Å². The van der Waals surface area contributed by atoms with E-state index >= 15 is 0 Å². The summed E-state index contributed by atoms with van der Waals surface area (Å²) in [6.07, 6.45) is 8.57. The number of carboxylic acids is 1. The van der Waals surface area contributed by atoms with Crippen molar-refractivity contribution in [1.29, 1.82) is 0 Å². The van der Waals surface area contributed by atoms with Crippen LogP contribution < -0.4 is 0 Å². The van der Waals surface area contributed by atoms with E-state index in [1.165, 1.54) is 32.1 Å². The molecule has 0 aromatic heterocycles. The predicted octanol–water partition coefficient (Wildman–Crippen LogP) is 2.92. The number of carbonyl (C=O) groups is 2. The standard InChI is InChI=1S/C16H27NO3/c1-12(13-6-3-2-4-7-13)10-15(18)17-9-5-8-14(11-17)16(19)20/h12-14H,2-11H2,1H3,(H,19,20). The Kier molecular flexibility index (Phi) is 5.44. The summed E-state index contributed by atoms with van der Waals surface area (Å²) in [5.74, 6) is 0.162. The van der Waals surface area contributed by atoms with E-state index in [0.29, 0.717) is 31.2 Å². The van der Waals surface area contributed by atoms with E-state index in [0.717, 1.165) is 13.0 Å². The number of hydrogen-bond acceptors (Lipinski definition) is 2. The number of aliphatic carboxylic acids is 1. The van der Waals surface area contributed by atoms with E-state index in [2.05, 4.69) is 6.92 Å². The van der Waals surface area contributed by atoms with Crippen LogP contribution in [0.1, 0.15) is 58.3 Å². The van der Waals surface area contributed by atoms with Gasteiger partial charge in [-0.1, -0.05) is 39.0 Å². The average molecular weight is 281 g/mol. The normalized spacial score (nSPS) is 26.2. The van der Waals surface area contributed by atoms with E-state index in [9.17, 15) is 9.59 Å². The number of carbonyl (C=O) groups excluding carboxylic acids is 1. The van der Waals surface area contributed by atoms with Gasteiger partial charge in [0.2, 0.25) is 5.91 Å². The number of rotatable bonds is 4. The minimum Gasteiger partial charge on any atom is -0.481 e. The highest BCUT2D eigenvalue weighted by Gasteiger charge is 2.30. The Hall–Kier alpha value is -1.06. The quantitative estimate of drug-likeness (QED) is 0.862. The molecule has 1 amide bonds. The highest BCUT2D eigenvalue weighted by Crippen LogP contribution is 2.32. The highest BCUT2D eigenvalue weighted by atomic mass is 16.4. The minimum absolute atomic E-state index is 0.161. The summed E-state index contributed by atoms with van der Waals surface area (Å²) in [6, 6.07) is 0. The Morgan fingerprint density at radius 2 is 1.85 bits per heavy atom. The van der Waals surface area contributed by atoms with Gasteiger partial charge in [-0.05, 0) is 24.7 Å². The second kappa shape index (κ2) is 7.09. The molecule has 114 valence electrons. The van der Waals surface area contributed by atoms with Crippen LogP contribution >= 0.6 is 0 Å². The lowest BCUT2D eigenvalue weighted by atomic mass is 9.79. The summed E-state index contributed by atoms with van der Waals surface area (Å²) in [7, 11) is 0. The first-order valence-corrected chi connectivity index (χ1v) is 8.08. The zero-order valence-corrected chi connectivity index (χ0v) is 12.5. The fourth-order valence-corrected chi connectivity index (χ4v) is 3.68. The molecule has 2 rings (SSSR count). The maximum absolute atomic E-state index is 12.4. The van der Waals surface area contributed by atoms with E-state index in [-0.39, 0.29) is 11.8 Å². The third-order valence-electron chi connectivity index (χ3n) is 5.07. The lowest BCUT2D eigenvalue weighted by Gasteiger charge is -2.33. The zero-order chi connectivity index (χ0) is 14.5. The number of nitrogens with zero attached hydrogens (tertiary/aromatic N) is 1. The van der Waals surface area contributed by atoms with E-state index in [1.54, 1.807) is 4.90 Å². The molecule has 1 saturated carbocycles. The van der Waals surface area contributed by atoms with Crippen LogP contribution in [0, 0.1) is 17.8 Å². The molecule has 0 aromatic rings. The van der Waals surface area contributed by atoms with Gasteiger partial charge in [0.05, 0.1) is 5.92 Å². The molecule has 2 unspecified atom stereocenters. The van der Waals surface area contributed by atoms with Crippen LogP contribution in [0.4, 0.5) is 0 Å². The molecule has 1 aliphatic heterocycles. The Morgan fingerprint density at radius 1 is 1.15 bits per heavy atom. The lowest BCUT2D eigenvalue weighted by Crippen LogP contribution is -2.43. The smallest absolute Gasteiger partial charge is 0.308 e. The maximum atomic E-state index is 12.4. The molecule has 0 spiro atoms. The predicted molar refractivity (Wildman–Crippen MR) is 77.3 cm³/mol. The third kappa shape index (κ3) is 3.97. The topological polar surface area (TPSA) is 57.6 Å². The van der Waals surface area contributed by atoms with Crippen LogP contribution in [0.25, 0.3) is 0 Å². The van der Waals surface area contributed by atoms with Crippen molar-refractivity contribution in [2.24, 2.45) is 17.8 Å². The molecule has 1 N–H and O–H groups in total. The molecule has 2 atom stereocenters. The fourth-order valence-electron chi connectivity index (χ4n) is 3.68. The molecule has 4 nitrogen and oxygen atoms in total. The molecular formula is C16H27NO3. The maximum Gasteiger partial charge on any atom is 0.308 e. The van der Waals surface area contributed by atoms with Gasteiger partial charge in [0.1, 0.15) is 0 Å². The minimum atomic E-state index is -0.761. The van der Waals surface area contributed by atoms with Crippen LogP contribution in [0.3, 0.4) is 0 Å². The second-order valence-corrected chi connectivity index (χ2v) is 6.60. The summed E-state index contributed by atoms with van der Waals surface area (Å²) in [5, 5.41) is 9.09. The number of hydrogen-bond donors (Lipinski definition) is 1. The largest absolute Gasteiger partial charge is 0.481 e. The summed E-state index contributed by atoms with van der Waals surface area (Å²) >= 11 is 0. The molecule has 1 saturated heterocycles. The van der Waals surface area contributed by atoms with Gasteiger partial charge in [0.15, 0.2) is 0 Å². The summed E-state index contributed by atoms with van der Waals surface area (Å²) < 4.78 is 0. The Morgan fingerprint density at radius 3 is 2.50 bits per heavy atom. The molecule has 2 aliphatic rings. The van der Waals surface area contributed by atoms with Crippen molar-refractivity contribution in [3.05, 3.63) is 0 Å². The second-order valence-electron chi connectivity index (χ2n) is 6.60. The molecule has 2 fully saturated rings. The molecule has 4 heteroatoms. The van der Waals surface area contributed by atoms with Gasteiger partial charge >= 0.3 is 5.97 Å². The monoisotopic (exact) mass is 281 g/mol. The van der Waals surface area contributed by atoms with Crippen LogP contribution in [0.2, 0.25) is 0 Å². The summed E-state index contributed by atoms with van der Waals surface area (Å²) in [5.41, 5.74) is 0. The van der Waals surface area contributed by atoms with Gasteiger partial charge in [0.25, 0.3) is 0 Å². The van der Waals surface area contributed by atoms with Crippen LogP contribution in [0.15, 0.2) is 0 Å². The van der Waals surface area contributed by atoms with Gasteiger partial charge in [-0.2, -0.15) is 0 Å². The lowest BCUT2D eigenvalue weighted by molar-refractivity contribution is -0.146. The zero-order valence-electron chi connectivity index (χ0n) is 12.5. The summed E-state index contributed by atoms with van der Waals surface area (Å²) in [6.45, 7) is 3.33. The van der Waals surface area contributed by atoms with Crippen LogP contribution in [0.5, 0.6) is 0 Å². The van der Waals surface area contributed by atoms with Crippen LogP contribution in [-0.4, -0.2) is 35.0 Å². The SMILES string of the molecule is CC(CC(=O)N1CCCC(C(=O)O)C1)C1CCCCC1. The molecular weight excluding hydrogens is 254 g/mol. The first kappa shape index (κ1) is 15.3. The Balaban J connectivity index is 1.82. The summed E-state index contributed by atoms with van der Waals surface area (Å²) in [4.78, 5) is 25.2. The number of carboxylic acid groups (broad SMARTS) is 1. The molecule has 1 heterocycles. The van der Waals surface area contributed by atoms with Crippen molar-refractivity contribution in [2.75, 3.05) is 13.1 Å². The molecule has 20 heavy (non-hydrogen) atoms. The van der Waals surface area contributed by atoms with Crippen LogP contribution in [-0.2, 0) is 9.59 Å². The van der Waals surface area contributed by atoms with E-state index in [4.69, 9.17) is 5.11 Å². The molecule has 0 aromatic carbocycles. The van der Waals surface area contributed by atoms with Crippen molar-refractivity contribution in [3.8, 4) is 0 Å². The van der Waals surface area contributed by atoms with E-state index < -0.39 is 5.97 Å².